The minimum atomic E-state index is -0.353. The second-order valence-corrected chi connectivity index (χ2v) is 7.28. The number of anilines is 3. The molecule has 3 aromatic rings. The third-order valence-electron chi connectivity index (χ3n) is 5.44. The first-order valence-corrected chi connectivity index (χ1v) is 9.43. The maximum atomic E-state index is 11.9. The van der Waals surface area contributed by atoms with Crippen LogP contribution in [-0.4, -0.2) is 30.6 Å². The van der Waals surface area contributed by atoms with Crippen molar-refractivity contribution in [2.45, 2.75) is 25.8 Å². The van der Waals surface area contributed by atoms with Crippen LogP contribution in [-0.2, 0) is 4.74 Å². The van der Waals surface area contributed by atoms with Crippen LogP contribution in [0.5, 0.6) is 0 Å². The number of carbonyl (C=O) groups excluding carboxylic acids is 1. The van der Waals surface area contributed by atoms with E-state index in [-0.39, 0.29) is 5.97 Å². The average Bonchev–Trinajstić information content (AvgIpc) is 3.13. The van der Waals surface area contributed by atoms with Gasteiger partial charge in [-0.3, -0.25) is 0 Å². The van der Waals surface area contributed by atoms with E-state index in [9.17, 15) is 4.79 Å². The van der Waals surface area contributed by atoms with Gasteiger partial charge in [0.25, 0.3) is 0 Å². The Bertz CT molecular complexity index is 1060. The third-order valence-corrected chi connectivity index (χ3v) is 5.44. The normalized spacial score (nSPS) is 16.5. The summed E-state index contributed by atoms with van der Waals surface area (Å²) in [5.41, 5.74) is 17.2. The zero-order valence-corrected chi connectivity index (χ0v) is 16.1. The third kappa shape index (κ3) is 3.11. The van der Waals surface area contributed by atoms with Gasteiger partial charge < -0.3 is 21.1 Å². The van der Waals surface area contributed by atoms with Crippen LogP contribution < -0.4 is 16.4 Å². The number of nitrogens with zero attached hydrogens (tertiary/aromatic N) is 2. The number of methoxy groups -OCH3 is 1. The molecule has 0 amide bonds. The molecule has 0 spiro atoms. The fourth-order valence-electron chi connectivity index (χ4n) is 3.85. The Labute approximate surface area is 164 Å². The number of fused-ring (bicyclic) bond motifs is 1. The molecule has 1 aromatic heterocycles. The molecule has 4 rings (SSSR count). The van der Waals surface area contributed by atoms with Gasteiger partial charge in [0, 0.05) is 23.5 Å². The molecule has 0 saturated carbocycles. The van der Waals surface area contributed by atoms with Gasteiger partial charge in [0.15, 0.2) is 0 Å². The summed E-state index contributed by atoms with van der Waals surface area (Å²) in [6, 6.07) is 13.6. The van der Waals surface area contributed by atoms with Gasteiger partial charge in [0.05, 0.1) is 40.9 Å². The highest BCUT2D eigenvalue weighted by atomic mass is 16.5. The fourth-order valence-corrected chi connectivity index (χ4v) is 3.85. The molecule has 1 aliphatic rings. The maximum absolute atomic E-state index is 11.9. The Morgan fingerprint density at radius 2 is 1.96 bits per heavy atom. The van der Waals surface area contributed by atoms with Crippen molar-refractivity contribution in [3.8, 4) is 11.3 Å². The lowest BCUT2D eigenvalue weighted by Gasteiger charge is -2.26. The number of nitrogen functional groups attached to an aromatic ring is 2. The summed E-state index contributed by atoms with van der Waals surface area (Å²) in [7, 11) is 1.39. The highest BCUT2D eigenvalue weighted by Crippen LogP contribution is 2.37. The van der Waals surface area contributed by atoms with Gasteiger partial charge in [-0.1, -0.05) is 6.07 Å². The number of pyridine rings is 1. The van der Waals surface area contributed by atoms with E-state index in [0.717, 1.165) is 47.2 Å². The molecular weight excluding hydrogens is 352 g/mol. The first kappa shape index (κ1) is 18.1. The highest BCUT2D eigenvalue weighted by Gasteiger charge is 2.25. The number of benzene rings is 2. The van der Waals surface area contributed by atoms with Crippen molar-refractivity contribution in [1.82, 2.24) is 4.98 Å². The smallest absolute Gasteiger partial charge is 0.337 e. The van der Waals surface area contributed by atoms with Crippen LogP contribution in [0.4, 0.5) is 17.1 Å². The molecule has 2 heterocycles. The van der Waals surface area contributed by atoms with Gasteiger partial charge in [-0.2, -0.15) is 0 Å². The lowest BCUT2D eigenvalue weighted by molar-refractivity contribution is 0.0601. The molecule has 0 unspecified atom stereocenters. The van der Waals surface area contributed by atoms with Crippen molar-refractivity contribution >= 4 is 33.9 Å². The summed E-state index contributed by atoms with van der Waals surface area (Å²) in [4.78, 5) is 19.2. The molecule has 28 heavy (non-hydrogen) atoms. The molecule has 1 saturated heterocycles. The Hall–Kier alpha value is -3.28. The molecule has 6 nitrogen and oxygen atoms in total. The molecule has 0 radical (unpaired) electrons. The number of carbonyl (C=O) groups is 1. The lowest BCUT2D eigenvalue weighted by atomic mass is 10.0. The second-order valence-electron chi connectivity index (χ2n) is 7.28. The van der Waals surface area contributed by atoms with Crippen molar-refractivity contribution < 1.29 is 9.53 Å². The van der Waals surface area contributed by atoms with Crippen molar-refractivity contribution in [3.05, 3.63) is 48.0 Å². The number of rotatable bonds is 3. The Kier molecular flexibility index (Phi) is 4.55. The van der Waals surface area contributed by atoms with Crippen molar-refractivity contribution in [1.29, 1.82) is 0 Å². The summed E-state index contributed by atoms with van der Waals surface area (Å²) < 4.78 is 4.85. The SMILES string of the molecule is COC(=O)c1ccc2nc(-c3ccc(N)c(N)c3)c(N3CCC[C@@H]3C)cc2c1. The molecule has 6 heteroatoms. The largest absolute Gasteiger partial charge is 0.465 e. The van der Waals surface area contributed by atoms with E-state index in [4.69, 9.17) is 21.2 Å². The van der Waals surface area contributed by atoms with E-state index in [2.05, 4.69) is 17.9 Å². The summed E-state index contributed by atoms with van der Waals surface area (Å²) in [6.07, 6.45) is 2.29. The Morgan fingerprint density at radius 3 is 2.64 bits per heavy atom. The van der Waals surface area contributed by atoms with Gasteiger partial charge >= 0.3 is 5.97 Å². The van der Waals surface area contributed by atoms with Crippen LogP contribution in [0.25, 0.3) is 22.2 Å². The lowest BCUT2D eigenvalue weighted by Crippen LogP contribution is -2.27. The molecule has 0 bridgehead atoms. The molecule has 1 atom stereocenters. The topological polar surface area (TPSA) is 94.5 Å². The van der Waals surface area contributed by atoms with Gasteiger partial charge in [-0.15, -0.1) is 0 Å². The van der Waals surface area contributed by atoms with Crippen LogP contribution >= 0.6 is 0 Å². The van der Waals surface area contributed by atoms with E-state index in [1.807, 2.05) is 30.3 Å². The molecule has 2 aromatic carbocycles. The number of esters is 1. The van der Waals surface area contributed by atoms with Crippen LogP contribution in [0.2, 0.25) is 0 Å². The van der Waals surface area contributed by atoms with Crippen molar-refractivity contribution in [2.75, 3.05) is 30.0 Å². The molecule has 0 aliphatic carbocycles. The number of aromatic nitrogens is 1. The first-order chi connectivity index (χ1) is 13.5. The molecule has 1 fully saturated rings. The molecule has 1 aliphatic heterocycles. The van der Waals surface area contributed by atoms with Crippen molar-refractivity contribution in [2.24, 2.45) is 0 Å². The summed E-state index contributed by atoms with van der Waals surface area (Å²) in [5.74, 6) is -0.353. The molecular formula is C22H24N4O2. The maximum Gasteiger partial charge on any atom is 0.337 e. The monoisotopic (exact) mass is 376 g/mol. The predicted molar refractivity (Wildman–Crippen MR) is 113 cm³/mol. The minimum absolute atomic E-state index is 0.353. The van der Waals surface area contributed by atoms with Gasteiger partial charge in [-0.25, -0.2) is 9.78 Å². The van der Waals surface area contributed by atoms with Gasteiger partial charge in [0.1, 0.15) is 0 Å². The summed E-state index contributed by atoms with van der Waals surface area (Å²) in [5, 5.41) is 0.907. The summed E-state index contributed by atoms with van der Waals surface area (Å²) >= 11 is 0. The van der Waals surface area contributed by atoms with Crippen molar-refractivity contribution in [3.63, 3.8) is 0 Å². The fraction of sp³-hybridized carbons (Fsp3) is 0.273. The summed E-state index contributed by atoms with van der Waals surface area (Å²) in [6.45, 7) is 3.20. The van der Waals surface area contributed by atoms with Crippen LogP contribution in [0.15, 0.2) is 42.5 Å². The number of hydrogen-bond acceptors (Lipinski definition) is 6. The Balaban J connectivity index is 1.93. The van der Waals surface area contributed by atoms with Gasteiger partial charge in [0.2, 0.25) is 0 Å². The molecule has 144 valence electrons. The van der Waals surface area contributed by atoms with E-state index in [1.165, 1.54) is 7.11 Å². The van der Waals surface area contributed by atoms with E-state index >= 15 is 0 Å². The predicted octanol–water partition coefficient (Wildman–Crippen LogP) is 3.84. The van der Waals surface area contributed by atoms with Crippen LogP contribution in [0, 0.1) is 0 Å². The number of nitrogens with two attached hydrogens (primary N) is 2. The standard InChI is InChI=1S/C22H24N4O2/c1-13-4-3-9-26(13)20-12-16-10-15(22(27)28-2)6-8-19(16)25-21(20)14-5-7-17(23)18(24)11-14/h5-8,10-13H,3-4,9,23-24H2,1-2H3/t13-/m0/s1. The van der Waals surface area contributed by atoms with E-state index < -0.39 is 0 Å². The van der Waals surface area contributed by atoms with E-state index in [0.29, 0.717) is 23.0 Å². The minimum Gasteiger partial charge on any atom is -0.465 e. The van der Waals surface area contributed by atoms with Crippen LogP contribution in [0.1, 0.15) is 30.1 Å². The van der Waals surface area contributed by atoms with Gasteiger partial charge in [-0.05, 0) is 56.2 Å². The first-order valence-electron chi connectivity index (χ1n) is 9.43. The molecule has 4 N–H and O–H groups in total. The number of hydrogen-bond donors (Lipinski definition) is 2. The zero-order chi connectivity index (χ0) is 19.8. The number of ether oxygens (including phenoxy) is 1. The highest BCUT2D eigenvalue weighted by molar-refractivity contribution is 5.97. The Morgan fingerprint density at radius 1 is 1.14 bits per heavy atom. The zero-order valence-electron chi connectivity index (χ0n) is 16.1. The second kappa shape index (κ2) is 7.03. The van der Waals surface area contributed by atoms with Crippen LogP contribution in [0.3, 0.4) is 0 Å². The quantitative estimate of drug-likeness (QED) is 0.533. The van der Waals surface area contributed by atoms with E-state index in [1.54, 1.807) is 6.07 Å². The average molecular weight is 376 g/mol.